The Morgan fingerprint density at radius 1 is 1.20 bits per heavy atom. The van der Waals surface area contributed by atoms with Crippen LogP contribution in [0, 0.1) is 0 Å². The van der Waals surface area contributed by atoms with E-state index in [1.165, 1.54) is 0 Å². The molecule has 0 aliphatic rings. The van der Waals surface area contributed by atoms with Crippen molar-refractivity contribution in [1.29, 1.82) is 0 Å². The maximum absolute atomic E-state index is 11.9. The van der Waals surface area contributed by atoms with Gasteiger partial charge >= 0.3 is 6.03 Å². The fourth-order valence-electron chi connectivity index (χ4n) is 1.98. The van der Waals surface area contributed by atoms with Gasteiger partial charge in [-0.05, 0) is 24.1 Å². The molecule has 0 aliphatic carbocycles. The summed E-state index contributed by atoms with van der Waals surface area (Å²) in [5.41, 5.74) is 0.994. The van der Waals surface area contributed by atoms with Crippen LogP contribution >= 0.6 is 0 Å². The number of carbonyl (C=O) groups excluding carboxylic acids is 1. The van der Waals surface area contributed by atoms with E-state index < -0.39 is 0 Å². The molecular weight excluding hydrogens is 252 g/mol. The van der Waals surface area contributed by atoms with Crippen LogP contribution in [-0.4, -0.2) is 12.6 Å². The number of hydrogen-bond acceptors (Lipinski definition) is 2. The normalized spacial score (nSPS) is 11.8. The van der Waals surface area contributed by atoms with Gasteiger partial charge in [0.2, 0.25) is 0 Å². The maximum Gasteiger partial charge on any atom is 0.315 e. The molecule has 2 N–H and O–H groups in total. The second-order valence-electron chi connectivity index (χ2n) is 4.61. The minimum atomic E-state index is -0.271. The quantitative estimate of drug-likeness (QED) is 0.791. The molecule has 20 heavy (non-hydrogen) atoms. The van der Waals surface area contributed by atoms with E-state index in [1.807, 2.05) is 42.5 Å². The summed E-state index contributed by atoms with van der Waals surface area (Å²) in [6, 6.07) is 13.0. The van der Waals surface area contributed by atoms with E-state index in [0.29, 0.717) is 6.54 Å². The van der Waals surface area contributed by atoms with Crippen LogP contribution in [0.3, 0.4) is 0 Å². The molecule has 1 unspecified atom stereocenters. The molecule has 2 amide bonds. The fourth-order valence-corrected chi connectivity index (χ4v) is 1.98. The average Bonchev–Trinajstić information content (AvgIpc) is 3.00. The van der Waals surface area contributed by atoms with Crippen molar-refractivity contribution < 1.29 is 9.21 Å². The Hall–Kier alpha value is -2.23. The van der Waals surface area contributed by atoms with Crippen molar-refractivity contribution in [1.82, 2.24) is 10.6 Å². The van der Waals surface area contributed by atoms with Gasteiger partial charge in [0, 0.05) is 6.54 Å². The zero-order valence-electron chi connectivity index (χ0n) is 11.6. The fraction of sp³-hybridized carbons (Fsp3) is 0.312. The summed E-state index contributed by atoms with van der Waals surface area (Å²) < 4.78 is 5.43. The van der Waals surface area contributed by atoms with E-state index >= 15 is 0 Å². The summed E-state index contributed by atoms with van der Waals surface area (Å²) in [5.74, 6) is 0.724. The Morgan fingerprint density at radius 3 is 2.65 bits per heavy atom. The van der Waals surface area contributed by atoms with Crippen LogP contribution < -0.4 is 10.6 Å². The highest BCUT2D eigenvalue weighted by Crippen LogP contribution is 2.22. The minimum Gasteiger partial charge on any atom is -0.467 e. The van der Waals surface area contributed by atoms with E-state index in [4.69, 9.17) is 4.42 Å². The first-order valence-corrected chi connectivity index (χ1v) is 6.94. The Balaban J connectivity index is 2.06. The molecule has 0 radical (unpaired) electrons. The number of urea groups is 1. The molecule has 2 rings (SSSR count). The SMILES string of the molecule is CCCCNC(=O)NC(c1ccccc1)c1ccco1. The second kappa shape index (κ2) is 7.38. The number of benzene rings is 1. The van der Waals surface area contributed by atoms with Gasteiger partial charge in [0.25, 0.3) is 0 Å². The number of carbonyl (C=O) groups is 1. The van der Waals surface area contributed by atoms with Gasteiger partial charge in [0.15, 0.2) is 0 Å². The number of furan rings is 1. The van der Waals surface area contributed by atoms with E-state index in [2.05, 4.69) is 17.6 Å². The Bertz CT molecular complexity index is 509. The van der Waals surface area contributed by atoms with Crippen LogP contribution in [0.5, 0.6) is 0 Å². The van der Waals surface area contributed by atoms with Crippen LogP contribution in [0.15, 0.2) is 53.1 Å². The Kier molecular flexibility index (Phi) is 5.24. The van der Waals surface area contributed by atoms with Crippen molar-refractivity contribution in [3.8, 4) is 0 Å². The first kappa shape index (κ1) is 14.2. The molecule has 1 aromatic heterocycles. The summed E-state index contributed by atoms with van der Waals surface area (Å²) in [6.07, 6.45) is 3.65. The minimum absolute atomic E-state index is 0.177. The third kappa shape index (κ3) is 3.88. The number of nitrogens with one attached hydrogen (secondary N) is 2. The molecule has 0 bridgehead atoms. The van der Waals surface area contributed by atoms with Crippen LogP contribution in [0.2, 0.25) is 0 Å². The molecule has 0 aliphatic heterocycles. The molecule has 0 spiro atoms. The highest BCUT2D eigenvalue weighted by molar-refractivity contribution is 5.74. The lowest BCUT2D eigenvalue weighted by atomic mass is 10.1. The van der Waals surface area contributed by atoms with E-state index in [1.54, 1.807) is 6.26 Å². The second-order valence-corrected chi connectivity index (χ2v) is 4.61. The number of hydrogen-bond donors (Lipinski definition) is 2. The highest BCUT2D eigenvalue weighted by atomic mass is 16.3. The van der Waals surface area contributed by atoms with Gasteiger partial charge in [-0.3, -0.25) is 0 Å². The first-order chi connectivity index (χ1) is 9.81. The highest BCUT2D eigenvalue weighted by Gasteiger charge is 2.18. The largest absolute Gasteiger partial charge is 0.467 e. The first-order valence-electron chi connectivity index (χ1n) is 6.94. The zero-order chi connectivity index (χ0) is 14.2. The lowest BCUT2D eigenvalue weighted by Crippen LogP contribution is -2.38. The summed E-state index contributed by atoms with van der Waals surface area (Å²) in [4.78, 5) is 11.9. The van der Waals surface area contributed by atoms with Gasteiger partial charge in [0.05, 0.1) is 6.26 Å². The number of unbranched alkanes of at least 4 members (excludes halogenated alkanes) is 1. The number of amides is 2. The van der Waals surface area contributed by atoms with Crippen LogP contribution in [-0.2, 0) is 0 Å². The molecule has 4 nitrogen and oxygen atoms in total. The zero-order valence-corrected chi connectivity index (χ0v) is 11.6. The predicted octanol–water partition coefficient (Wildman–Crippen LogP) is 3.47. The molecule has 106 valence electrons. The van der Waals surface area contributed by atoms with Gasteiger partial charge in [0.1, 0.15) is 11.8 Å². The molecule has 1 aromatic carbocycles. The van der Waals surface area contributed by atoms with Gasteiger partial charge in [-0.1, -0.05) is 43.7 Å². The molecule has 0 saturated carbocycles. The van der Waals surface area contributed by atoms with E-state index in [0.717, 1.165) is 24.2 Å². The predicted molar refractivity (Wildman–Crippen MR) is 78.4 cm³/mol. The topological polar surface area (TPSA) is 54.3 Å². The molecule has 4 heteroatoms. The van der Waals surface area contributed by atoms with Crippen molar-refractivity contribution in [3.63, 3.8) is 0 Å². The summed E-state index contributed by atoms with van der Waals surface area (Å²) >= 11 is 0. The van der Waals surface area contributed by atoms with Crippen molar-refractivity contribution in [2.45, 2.75) is 25.8 Å². The monoisotopic (exact) mass is 272 g/mol. The standard InChI is InChI=1S/C16H20N2O2/c1-2-3-11-17-16(19)18-15(14-10-7-12-20-14)13-8-5-4-6-9-13/h4-10,12,15H,2-3,11H2,1H3,(H2,17,18,19). The lowest BCUT2D eigenvalue weighted by Gasteiger charge is -2.17. The maximum atomic E-state index is 11.9. The van der Waals surface area contributed by atoms with E-state index in [9.17, 15) is 4.79 Å². The van der Waals surface area contributed by atoms with Gasteiger partial charge in [-0.25, -0.2) is 4.79 Å². The third-order valence-electron chi connectivity index (χ3n) is 3.05. The van der Waals surface area contributed by atoms with Crippen LogP contribution in [0.25, 0.3) is 0 Å². The van der Waals surface area contributed by atoms with Gasteiger partial charge in [-0.15, -0.1) is 0 Å². The van der Waals surface area contributed by atoms with Gasteiger partial charge < -0.3 is 15.1 Å². The summed E-state index contributed by atoms with van der Waals surface area (Å²) in [5, 5.41) is 5.80. The van der Waals surface area contributed by atoms with Crippen LogP contribution in [0.4, 0.5) is 4.79 Å². The summed E-state index contributed by atoms with van der Waals surface area (Å²) in [7, 11) is 0. The van der Waals surface area contributed by atoms with Crippen molar-refractivity contribution >= 4 is 6.03 Å². The summed E-state index contributed by atoms with van der Waals surface area (Å²) in [6.45, 7) is 2.78. The van der Waals surface area contributed by atoms with Crippen molar-refractivity contribution in [2.75, 3.05) is 6.54 Å². The molecule has 0 fully saturated rings. The smallest absolute Gasteiger partial charge is 0.315 e. The van der Waals surface area contributed by atoms with Gasteiger partial charge in [-0.2, -0.15) is 0 Å². The van der Waals surface area contributed by atoms with E-state index in [-0.39, 0.29) is 12.1 Å². The Labute approximate surface area is 119 Å². The molecule has 1 atom stereocenters. The third-order valence-corrected chi connectivity index (χ3v) is 3.05. The lowest BCUT2D eigenvalue weighted by molar-refractivity contribution is 0.237. The average molecular weight is 272 g/mol. The van der Waals surface area contributed by atoms with Crippen molar-refractivity contribution in [2.24, 2.45) is 0 Å². The van der Waals surface area contributed by atoms with Crippen LogP contribution in [0.1, 0.15) is 37.1 Å². The van der Waals surface area contributed by atoms with Crippen molar-refractivity contribution in [3.05, 3.63) is 60.1 Å². The number of rotatable bonds is 6. The molecule has 0 saturated heterocycles. The molecule has 2 aromatic rings. The molecular formula is C16H20N2O2. The molecule has 1 heterocycles. The Morgan fingerprint density at radius 2 is 2.00 bits per heavy atom.